The van der Waals surface area contributed by atoms with E-state index < -0.39 is 42.3 Å². The minimum Gasteiger partial charge on any atom is -0.496 e. The molecule has 50 heavy (non-hydrogen) atoms. The van der Waals surface area contributed by atoms with E-state index in [0.29, 0.717) is 5.56 Å². The molecule has 0 unspecified atom stereocenters. The Balaban J connectivity index is 0.000000223. The lowest BCUT2D eigenvalue weighted by Gasteiger charge is -2.57. The molecule has 0 radical (unpaired) electrons. The number of esters is 3. The summed E-state index contributed by atoms with van der Waals surface area (Å²) < 4.78 is 19.8. The Kier molecular flexibility index (Phi) is 11.5. The van der Waals surface area contributed by atoms with Gasteiger partial charge >= 0.3 is 23.9 Å². The molecule has 4 aliphatic rings. The Bertz CT molecular complexity index is 1670. The largest absolute Gasteiger partial charge is 0.496 e. The van der Waals surface area contributed by atoms with Crippen LogP contribution in [0.15, 0.2) is 54.6 Å². The minimum atomic E-state index is -2.26. The second kappa shape index (κ2) is 15.6. The van der Waals surface area contributed by atoms with E-state index in [4.69, 9.17) is 4.74 Å². The van der Waals surface area contributed by atoms with Crippen molar-refractivity contribution in [1.29, 1.82) is 0 Å². The SMILES string of the molecule is CCOC(=O)CC(O)(CC(=O)OCC)C(=O)OCC.COc1ccc(-c2ccc3cc(C(=O)O)ccc3c2)cc1C12CC3CC(CC(C3)C1)C2. The van der Waals surface area contributed by atoms with Crippen molar-refractivity contribution in [3.8, 4) is 16.9 Å². The lowest BCUT2D eigenvalue weighted by atomic mass is 9.48. The standard InChI is InChI=1S/C28H28O3.C12H20O7/c1-31-26-7-6-23(21-2-3-22-12-24(27(29)30)5-4-20(22)11-21)13-25(26)28-14-17-8-18(15-28)10-19(9-17)16-28;1-4-17-9(13)7-12(16,11(15)19-6-3)8-10(14)18-5-2/h2-7,11-13,17-19H,8-10,14-16H2,1H3,(H,29,30);16H,4-8H2,1-3H3. The predicted octanol–water partition coefficient (Wildman–Crippen LogP) is 6.87. The van der Waals surface area contributed by atoms with Gasteiger partial charge in [-0.2, -0.15) is 0 Å². The number of rotatable bonds is 12. The average molecular weight is 689 g/mol. The zero-order valence-electron chi connectivity index (χ0n) is 29.4. The van der Waals surface area contributed by atoms with Gasteiger partial charge in [-0.15, -0.1) is 0 Å². The molecule has 0 saturated heterocycles. The Morgan fingerprint density at radius 1 is 0.720 bits per heavy atom. The van der Waals surface area contributed by atoms with Gasteiger partial charge in [-0.25, -0.2) is 9.59 Å². The van der Waals surface area contributed by atoms with Crippen molar-refractivity contribution in [2.45, 2.75) is 83.2 Å². The third kappa shape index (κ3) is 8.12. The molecule has 268 valence electrons. The van der Waals surface area contributed by atoms with Crippen LogP contribution >= 0.6 is 0 Å². The summed E-state index contributed by atoms with van der Waals surface area (Å²) in [5, 5.41) is 21.4. The number of hydrogen-bond acceptors (Lipinski definition) is 9. The third-order valence-electron chi connectivity index (χ3n) is 10.4. The Labute approximate surface area is 293 Å². The van der Waals surface area contributed by atoms with E-state index in [1.54, 1.807) is 40.0 Å². The second-order valence-electron chi connectivity index (χ2n) is 13.9. The highest BCUT2D eigenvalue weighted by atomic mass is 16.6. The fraction of sp³-hybridized carbons (Fsp3) is 0.500. The summed E-state index contributed by atoms with van der Waals surface area (Å²) in [6.07, 6.45) is 6.94. The molecule has 0 spiro atoms. The summed E-state index contributed by atoms with van der Waals surface area (Å²) in [7, 11) is 1.80. The van der Waals surface area contributed by atoms with Crippen molar-refractivity contribution in [1.82, 2.24) is 0 Å². The van der Waals surface area contributed by atoms with Crippen LogP contribution in [0.3, 0.4) is 0 Å². The number of ether oxygens (including phenoxy) is 4. The molecule has 0 heterocycles. The highest BCUT2D eigenvalue weighted by molar-refractivity contribution is 5.96. The summed E-state index contributed by atoms with van der Waals surface area (Å²) in [6.45, 7) is 4.97. The van der Waals surface area contributed by atoms with E-state index in [9.17, 15) is 29.4 Å². The van der Waals surface area contributed by atoms with Crippen LogP contribution in [-0.4, -0.2) is 66.6 Å². The molecule has 7 rings (SSSR count). The van der Waals surface area contributed by atoms with Crippen LogP contribution in [0, 0.1) is 17.8 Å². The van der Waals surface area contributed by atoms with Gasteiger partial charge < -0.3 is 29.2 Å². The molecule has 4 bridgehead atoms. The van der Waals surface area contributed by atoms with Gasteiger partial charge in [-0.05, 0) is 135 Å². The number of carboxylic acids is 1. The first kappa shape index (κ1) is 36.8. The van der Waals surface area contributed by atoms with Gasteiger partial charge in [0.05, 0.1) is 45.3 Å². The Morgan fingerprint density at radius 2 is 1.22 bits per heavy atom. The second-order valence-corrected chi connectivity index (χ2v) is 13.9. The summed E-state index contributed by atoms with van der Waals surface area (Å²) in [5.74, 6) is 0.205. The van der Waals surface area contributed by atoms with Gasteiger partial charge in [-0.1, -0.05) is 24.3 Å². The minimum absolute atomic E-state index is 0.0206. The van der Waals surface area contributed by atoms with Gasteiger partial charge in [0.25, 0.3) is 0 Å². The van der Waals surface area contributed by atoms with Crippen molar-refractivity contribution in [2.24, 2.45) is 17.8 Å². The van der Waals surface area contributed by atoms with E-state index in [1.807, 2.05) is 12.1 Å². The smallest absolute Gasteiger partial charge is 0.339 e. The molecule has 3 aromatic carbocycles. The number of methoxy groups -OCH3 is 1. The number of benzene rings is 3. The summed E-state index contributed by atoms with van der Waals surface area (Å²) in [5.41, 5.74) is 2.15. The number of aromatic carboxylic acids is 1. The molecule has 4 aliphatic carbocycles. The van der Waals surface area contributed by atoms with Gasteiger partial charge in [0, 0.05) is 5.56 Å². The monoisotopic (exact) mass is 688 g/mol. The van der Waals surface area contributed by atoms with E-state index >= 15 is 0 Å². The first-order valence-electron chi connectivity index (χ1n) is 17.6. The number of fused-ring (bicyclic) bond motifs is 1. The summed E-state index contributed by atoms with van der Waals surface area (Å²) >= 11 is 0. The van der Waals surface area contributed by atoms with Crippen LogP contribution in [0.4, 0.5) is 0 Å². The normalized spacial score (nSPS) is 21.9. The first-order valence-corrected chi connectivity index (χ1v) is 17.6. The maximum atomic E-state index is 11.7. The van der Waals surface area contributed by atoms with Crippen LogP contribution in [0.25, 0.3) is 21.9 Å². The molecule has 4 saturated carbocycles. The maximum Gasteiger partial charge on any atom is 0.339 e. The van der Waals surface area contributed by atoms with Crippen LogP contribution in [-0.2, 0) is 34.0 Å². The van der Waals surface area contributed by atoms with Crippen molar-refractivity contribution < 1.29 is 48.3 Å². The van der Waals surface area contributed by atoms with Crippen molar-refractivity contribution in [2.75, 3.05) is 26.9 Å². The molecule has 3 aromatic rings. The van der Waals surface area contributed by atoms with Gasteiger partial charge in [0.15, 0.2) is 5.60 Å². The van der Waals surface area contributed by atoms with Gasteiger partial charge in [0.2, 0.25) is 0 Å². The molecular weight excluding hydrogens is 640 g/mol. The Hall–Kier alpha value is -4.44. The number of carboxylic acid groups (broad SMARTS) is 1. The highest BCUT2D eigenvalue weighted by Crippen LogP contribution is 2.62. The maximum absolute atomic E-state index is 11.7. The first-order chi connectivity index (χ1) is 23.9. The van der Waals surface area contributed by atoms with Crippen molar-refractivity contribution in [3.63, 3.8) is 0 Å². The molecular formula is C40H48O10. The van der Waals surface area contributed by atoms with E-state index in [-0.39, 0.29) is 25.2 Å². The Morgan fingerprint density at radius 3 is 1.74 bits per heavy atom. The zero-order chi connectivity index (χ0) is 36.1. The molecule has 0 amide bonds. The number of carbonyl (C=O) groups is 4. The predicted molar refractivity (Wildman–Crippen MR) is 187 cm³/mol. The van der Waals surface area contributed by atoms with E-state index in [1.165, 1.54) is 55.2 Å². The lowest BCUT2D eigenvalue weighted by Crippen LogP contribution is -2.48. The van der Waals surface area contributed by atoms with Crippen LogP contribution in [0.2, 0.25) is 0 Å². The summed E-state index contributed by atoms with van der Waals surface area (Å²) in [6, 6.07) is 18.4. The third-order valence-corrected chi connectivity index (χ3v) is 10.4. The van der Waals surface area contributed by atoms with Crippen LogP contribution < -0.4 is 4.74 Å². The fourth-order valence-corrected chi connectivity index (χ4v) is 8.67. The molecule has 10 heteroatoms. The number of aliphatic hydroxyl groups is 1. The fourth-order valence-electron chi connectivity index (χ4n) is 8.67. The van der Waals surface area contributed by atoms with Crippen LogP contribution in [0.5, 0.6) is 5.75 Å². The topological polar surface area (TPSA) is 146 Å². The number of carbonyl (C=O) groups excluding carboxylic acids is 3. The van der Waals surface area contributed by atoms with Gasteiger partial charge in [0.1, 0.15) is 5.75 Å². The molecule has 2 N–H and O–H groups in total. The average Bonchev–Trinajstić information content (AvgIpc) is 3.07. The molecule has 4 fully saturated rings. The molecule has 0 atom stereocenters. The molecule has 0 aromatic heterocycles. The van der Waals surface area contributed by atoms with Crippen LogP contribution in [0.1, 0.15) is 88.1 Å². The zero-order valence-corrected chi connectivity index (χ0v) is 29.4. The molecule has 0 aliphatic heterocycles. The van der Waals surface area contributed by atoms with Gasteiger partial charge in [-0.3, -0.25) is 9.59 Å². The van der Waals surface area contributed by atoms with E-state index in [2.05, 4.69) is 44.5 Å². The lowest BCUT2D eigenvalue weighted by molar-refractivity contribution is -0.177. The quantitative estimate of drug-likeness (QED) is 0.153. The number of hydrogen-bond donors (Lipinski definition) is 2. The van der Waals surface area contributed by atoms with Crippen molar-refractivity contribution in [3.05, 3.63) is 65.7 Å². The van der Waals surface area contributed by atoms with Crippen molar-refractivity contribution >= 4 is 34.6 Å². The molecule has 10 nitrogen and oxygen atoms in total. The summed E-state index contributed by atoms with van der Waals surface area (Å²) in [4.78, 5) is 45.7. The highest BCUT2D eigenvalue weighted by Gasteiger charge is 2.52. The van der Waals surface area contributed by atoms with E-state index in [0.717, 1.165) is 34.3 Å².